The van der Waals surface area contributed by atoms with Crippen LogP contribution in [-0.4, -0.2) is 77.6 Å². The van der Waals surface area contributed by atoms with Crippen molar-refractivity contribution in [2.24, 2.45) is 0 Å². The molecule has 25 heavy (non-hydrogen) atoms. The first-order valence-corrected chi connectivity index (χ1v) is 8.79. The largest absolute Gasteiger partial charge is 0.383 e. The summed E-state index contributed by atoms with van der Waals surface area (Å²) in [4.78, 5) is 21.3. The Balaban J connectivity index is 1.43. The predicted octanol–water partition coefficient (Wildman–Crippen LogP) is 0.603. The molecule has 7 nitrogen and oxygen atoms in total. The molecule has 136 valence electrons. The van der Waals surface area contributed by atoms with Crippen molar-refractivity contribution in [1.29, 1.82) is 0 Å². The molecule has 1 N–H and O–H groups in total. The fourth-order valence-electron chi connectivity index (χ4n) is 3.21. The first-order chi connectivity index (χ1) is 12.1. The molecule has 2 aromatic rings. The van der Waals surface area contributed by atoms with E-state index in [0.717, 1.165) is 44.1 Å². The minimum absolute atomic E-state index is 0.0498. The highest BCUT2D eigenvalue weighted by Crippen LogP contribution is 2.10. The number of nitrogens with one attached hydrogen (secondary N) is 1. The maximum Gasteiger partial charge on any atom is 0.234 e. The Morgan fingerprint density at radius 1 is 1.28 bits per heavy atom. The number of piperazine rings is 1. The van der Waals surface area contributed by atoms with Gasteiger partial charge in [0, 0.05) is 58.3 Å². The number of imidazole rings is 1. The van der Waals surface area contributed by atoms with Crippen molar-refractivity contribution in [3.05, 3.63) is 36.3 Å². The highest BCUT2D eigenvalue weighted by atomic mass is 16.5. The number of nitrogens with zero attached hydrogens (tertiary/aromatic N) is 4. The molecular formula is C18H27N5O2. The number of pyridine rings is 1. The average molecular weight is 345 g/mol. The minimum Gasteiger partial charge on any atom is -0.383 e. The number of ether oxygens (including phenoxy) is 1. The van der Waals surface area contributed by atoms with Crippen LogP contribution in [0.15, 0.2) is 30.6 Å². The Morgan fingerprint density at radius 2 is 2.04 bits per heavy atom. The molecule has 0 radical (unpaired) electrons. The van der Waals surface area contributed by atoms with Gasteiger partial charge in [0.15, 0.2) is 0 Å². The lowest BCUT2D eigenvalue weighted by Crippen LogP contribution is -2.50. The molecule has 1 saturated heterocycles. The van der Waals surface area contributed by atoms with Crippen LogP contribution in [-0.2, 0) is 16.1 Å². The zero-order chi connectivity index (χ0) is 17.6. The first kappa shape index (κ1) is 17.8. The zero-order valence-electron chi connectivity index (χ0n) is 15.0. The topological polar surface area (TPSA) is 62.1 Å². The molecule has 3 rings (SSSR count). The lowest BCUT2D eigenvalue weighted by molar-refractivity contribution is -0.123. The molecule has 7 heteroatoms. The van der Waals surface area contributed by atoms with Gasteiger partial charge in [-0.25, -0.2) is 4.98 Å². The Labute approximate surface area is 148 Å². The second-order valence-electron chi connectivity index (χ2n) is 6.67. The van der Waals surface area contributed by atoms with Crippen molar-refractivity contribution in [3.8, 4) is 0 Å². The normalized spacial score (nSPS) is 17.7. The highest BCUT2D eigenvalue weighted by Gasteiger charge is 2.20. The minimum atomic E-state index is 0.0498. The van der Waals surface area contributed by atoms with E-state index in [1.807, 2.05) is 31.3 Å². The van der Waals surface area contributed by atoms with Crippen LogP contribution in [0.25, 0.3) is 5.65 Å². The van der Waals surface area contributed by atoms with E-state index in [2.05, 4.69) is 30.7 Å². The van der Waals surface area contributed by atoms with Crippen molar-refractivity contribution in [2.45, 2.75) is 19.5 Å². The van der Waals surface area contributed by atoms with Gasteiger partial charge < -0.3 is 14.5 Å². The molecule has 0 bridgehead atoms. The molecule has 0 aromatic carbocycles. The molecule has 1 aliphatic heterocycles. The number of carbonyl (C=O) groups excluding carboxylic acids is 1. The van der Waals surface area contributed by atoms with Crippen LogP contribution in [0.4, 0.5) is 0 Å². The van der Waals surface area contributed by atoms with Crippen molar-refractivity contribution in [2.75, 3.05) is 46.4 Å². The molecule has 1 amide bonds. The van der Waals surface area contributed by atoms with Gasteiger partial charge in [0.25, 0.3) is 0 Å². The number of hydrogen-bond donors (Lipinski definition) is 1. The van der Waals surface area contributed by atoms with Gasteiger partial charge in [-0.3, -0.25) is 14.6 Å². The van der Waals surface area contributed by atoms with E-state index in [1.54, 1.807) is 7.11 Å². The molecule has 0 spiro atoms. The van der Waals surface area contributed by atoms with Crippen LogP contribution < -0.4 is 5.32 Å². The maximum absolute atomic E-state index is 12.0. The van der Waals surface area contributed by atoms with Crippen molar-refractivity contribution in [1.82, 2.24) is 24.5 Å². The molecule has 2 aromatic heterocycles. The van der Waals surface area contributed by atoms with Gasteiger partial charge in [-0.05, 0) is 19.1 Å². The Bertz CT molecular complexity index is 661. The Hall–Kier alpha value is -1.96. The molecule has 1 fully saturated rings. The maximum atomic E-state index is 12.0. The second kappa shape index (κ2) is 8.42. The van der Waals surface area contributed by atoms with E-state index in [0.29, 0.717) is 13.2 Å². The van der Waals surface area contributed by atoms with Crippen molar-refractivity contribution in [3.63, 3.8) is 0 Å². The van der Waals surface area contributed by atoms with Crippen LogP contribution in [0.3, 0.4) is 0 Å². The summed E-state index contributed by atoms with van der Waals surface area (Å²) in [6, 6.07) is 6.08. The lowest BCUT2D eigenvalue weighted by atomic mass is 10.3. The van der Waals surface area contributed by atoms with E-state index in [-0.39, 0.29) is 11.9 Å². The summed E-state index contributed by atoms with van der Waals surface area (Å²) in [5, 5.41) is 2.96. The van der Waals surface area contributed by atoms with E-state index in [1.165, 1.54) is 0 Å². The van der Waals surface area contributed by atoms with Crippen molar-refractivity contribution < 1.29 is 9.53 Å². The molecule has 0 saturated carbocycles. The number of carbonyl (C=O) groups is 1. The zero-order valence-corrected chi connectivity index (χ0v) is 15.0. The number of rotatable bonds is 7. The van der Waals surface area contributed by atoms with E-state index in [4.69, 9.17) is 4.74 Å². The van der Waals surface area contributed by atoms with Crippen LogP contribution in [0.1, 0.15) is 12.6 Å². The standard InChI is InChI=1S/C18H27N5O2/c1-15(14-25-2)19-18(24)13-22-9-7-21(8-10-22)11-16-12-23-6-4-3-5-17(23)20-16/h3-6,12,15H,7-11,13-14H2,1-2H3,(H,19,24). The van der Waals surface area contributed by atoms with Crippen molar-refractivity contribution >= 4 is 11.6 Å². The van der Waals surface area contributed by atoms with Gasteiger partial charge in [-0.1, -0.05) is 6.07 Å². The van der Waals surface area contributed by atoms with Gasteiger partial charge in [-0.2, -0.15) is 0 Å². The predicted molar refractivity (Wildman–Crippen MR) is 96.4 cm³/mol. The third kappa shape index (κ3) is 5.01. The van der Waals surface area contributed by atoms with Crippen LogP contribution in [0.5, 0.6) is 0 Å². The van der Waals surface area contributed by atoms with Gasteiger partial charge in [0.1, 0.15) is 5.65 Å². The number of hydrogen-bond acceptors (Lipinski definition) is 5. The van der Waals surface area contributed by atoms with Gasteiger partial charge in [0.05, 0.1) is 18.8 Å². The molecule has 1 unspecified atom stereocenters. The summed E-state index contributed by atoms with van der Waals surface area (Å²) in [5.74, 6) is 0.0679. The first-order valence-electron chi connectivity index (χ1n) is 8.79. The van der Waals surface area contributed by atoms with Gasteiger partial charge in [-0.15, -0.1) is 0 Å². The number of fused-ring (bicyclic) bond motifs is 1. The summed E-state index contributed by atoms with van der Waals surface area (Å²) < 4.78 is 7.10. The summed E-state index contributed by atoms with van der Waals surface area (Å²) in [5.41, 5.74) is 2.07. The van der Waals surface area contributed by atoms with E-state index in [9.17, 15) is 4.79 Å². The fraction of sp³-hybridized carbons (Fsp3) is 0.556. The Morgan fingerprint density at radius 3 is 2.76 bits per heavy atom. The number of aromatic nitrogens is 2. The Kier molecular flexibility index (Phi) is 6.01. The summed E-state index contributed by atoms with van der Waals surface area (Å²) in [7, 11) is 1.64. The fourth-order valence-corrected chi connectivity index (χ4v) is 3.21. The molecular weight excluding hydrogens is 318 g/mol. The lowest BCUT2D eigenvalue weighted by Gasteiger charge is -2.34. The number of amides is 1. The molecule has 3 heterocycles. The second-order valence-corrected chi connectivity index (χ2v) is 6.67. The highest BCUT2D eigenvalue weighted by molar-refractivity contribution is 5.78. The van der Waals surface area contributed by atoms with Gasteiger partial charge in [0.2, 0.25) is 5.91 Å². The summed E-state index contributed by atoms with van der Waals surface area (Å²) >= 11 is 0. The van der Waals surface area contributed by atoms with Gasteiger partial charge >= 0.3 is 0 Å². The summed E-state index contributed by atoms with van der Waals surface area (Å²) in [6.45, 7) is 7.51. The molecule has 1 aliphatic rings. The average Bonchev–Trinajstić information content (AvgIpc) is 2.99. The van der Waals surface area contributed by atoms with E-state index < -0.39 is 0 Å². The third-order valence-electron chi connectivity index (χ3n) is 4.46. The SMILES string of the molecule is COCC(C)NC(=O)CN1CCN(Cc2cn3ccccc3n2)CC1. The number of methoxy groups -OCH3 is 1. The molecule has 0 aliphatic carbocycles. The third-order valence-corrected chi connectivity index (χ3v) is 4.46. The smallest absolute Gasteiger partial charge is 0.234 e. The quantitative estimate of drug-likeness (QED) is 0.796. The monoisotopic (exact) mass is 345 g/mol. The van der Waals surface area contributed by atoms with E-state index >= 15 is 0 Å². The van der Waals surface area contributed by atoms with Crippen LogP contribution >= 0.6 is 0 Å². The van der Waals surface area contributed by atoms with Crippen LogP contribution in [0.2, 0.25) is 0 Å². The summed E-state index contributed by atoms with van der Waals surface area (Å²) in [6.07, 6.45) is 4.11. The molecule has 1 atom stereocenters. The van der Waals surface area contributed by atoms with Crippen LogP contribution in [0, 0.1) is 0 Å².